The molecule has 1 nitrogen and oxygen atoms in total. The van der Waals surface area contributed by atoms with Gasteiger partial charge in [0.2, 0.25) is 0 Å². The minimum absolute atomic E-state index is 0.246. The van der Waals surface area contributed by atoms with Crippen LogP contribution >= 0.6 is 23.2 Å². The minimum Gasteiger partial charge on any atom is -0.495 e. The highest BCUT2D eigenvalue weighted by Crippen LogP contribution is 2.32. The van der Waals surface area contributed by atoms with Crippen LogP contribution in [0.4, 0.5) is 8.78 Å². The second-order valence-electron chi connectivity index (χ2n) is 4.30. The van der Waals surface area contributed by atoms with E-state index in [2.05, 4.69) is 0 Å². The van der Waals surface area contributed by atoms with Crippen molar-refractivity contribution in [3.05, 3.63) is 64.2 Å². The zero-order valence-electron chi connectivity index (χ0n) is 10.7. The lowest BCUT2D eigenvalue weighted by atomic mass is 10.0. The van der Waals surface area contributed by atoms with E-state index in [0.29, 0.717) is 16.3 Å². The Hall–Kier alpha value is -1.32. The number of halogens is 4. The van der Waals surface area contributed by atoms with Crippen LogP contribution in [0, 0.1) is 11.6 Å². The first-order chi connectivity index (χ1) is 9.51. The summed E-state index contributed by atoms with van der Waals surface area (Å²) in [6.07, 6.45) is 0.246. The zero-order valence-corrected chi connectivity index (χ0v) is 12.2. The Morgan fingerprint density at radius 1 is 1.15 bits per heavy atom. The van der Waals surface area contributed by atoms with E-state index in [9.17, 15) is 8.78 Å². The molecule has 0 saturated heterocycles. The average Bonchev–Trinajstić information content (AvgIpc) is 2.41. The lowest BCUT2D eigenvalue weighted by Gasteiger charge is -2.12. The Morgan fingerprint density at radius 3 is 2.50 bits per heavy atom. The molecular weight excluding hydrogens is 305 g/mol. The van der Waals surface area contributed by atoms with E-state index in [1.807, 2.05) is 0 Å². The molecule has 0 aliphatic carbocycles. The van der Waals surface area contributed by atoms with Crippen molar-refractivity contribution in [2.75, 3.05) is 7.11 Å². The molecule has 0 bridgehead atoms. The van der Waals surface area contributed by atoms with Crippen LogP contribution < -0.4 is 4.74 Å². The normalized spacial score (nSPS) is 12.2. The highest BCUT2D eigenvalue weighted by atomic mass is 35.5. The maximum Gasteiger partial charge on any atom is 0.137 e. The van der Waals surface area contributed by atoms with Crippen LogP contribution in [0.1, 0.15) is 16.5 Å². The van der Waals surface area contributed by atoms with Crippen molar-refractivity contribution in [1.82, 2.24) is 0 Å². The SMILES string of the molecule is COc1ccc(C(Cl)Cc2ccc(F)cc2F)cc1Cl. The molecule has 2 rings (SSSR count). The molecule has 0 radical (unpaired) electrons. The molecule has 20 heavy (non-hydrogen) atoms. The molecule has 5 heteroatoms. The summed E-state index contributed by atoms with van der Waals surface area (Å²) in [6.45, 7) is 0. The molecule has 1 unspecified atom stereocenters. The van der Waals surface area contributed by atoms with Crippen molar-refractivity contribution >= 4 is 23.2 Å². The third kappa shape index (κ3) is 3.41. The molecule has 106 valence electrons. The molecule has 0 amide bonds. The molecule has 0 heterocycles. The van der Waals surface area contributed by atoms with Crippen molar-refractivity contribution in [1.29, 1.82) is 0 Å². The summed E-state index contributed by atoms with van der Waals surface area (Å²) < 4.78 is 31.5. The van der Waals surface area contributed by atoms with Gasteiger partial charge in [-0.1, -0.05) is 23.7 Å². The molecule has 1 atom stereocenters. The fourth-order valence-corrected chi connectivity index (χ4v) is 2.44. The van der Waals surface area contributed by atoms with Crippen LogP contribution in [0.25, 0.3) is 0 Å². The van der Waals surface area contributed by atoms with E-state index in [1.165, 1.54) is 19.2 Å². The standard InChI is InChI=1S/C15H12Cl2F2O/c1-20-15-5-3-9(6-13(15)17)12(16)7-10-2-4-11(18)8-14(10)19/h2-6,8,12H,7H2,1H3. The Labute approximate surface area is 126 Å². The van der Waals surface area contributed by atoms with Gasteiger partial charge in [0.15, 0.2) is 0 Å². The maximum atomic E-state index is 13.6. The van der Waals surface area contributed by atoms with E-state index in [1.54, 1.807) is 18.2 Å². The Bertz CT molecular complexity index is 617. The largest absolute Gasteiger partial charge is 0.495 e. The molecule has 2 aromatic rings. The lowest BCUT2D eigenvalue weighted by Crippen LogP contribution is -1.99. The Morgan fingerprint density at radius 2 is 1.90 bits per heavy atom. The first kappa shape index (κ1) is 15.1. The Kier molecular flexibility index (Phi) is 4.84. The number of hydrogen-bond acceptors (Lipinski definition) is 1. The van der Waals surface area contributed by atoms with Crippen LogP contribution in [0.15, 0.2) is 36.4 Å². The van der Waals surface area contributed by atoms with E-state index >= 15 is 0 Å². The number of benzene rings is 2. The second-order valence-corrected chi connectivity index (χ2v) is 5.24. The molecule has 0 aliphatic heterocycles. The summed E-state index contributed by atoms with van der Waals surface area (Å²) in [5, 5.41) is -0.0198. The van der Waals surface area contributed by atoms with Gasteiger partial charge in [0.1, 0.15) is 17.4 Å². The predicted octanol–water partition coefficient (Wildman–Crippen LogP) is 5.15. The topological polar surface area (TPSA) is 9.23 Å². The number of hydrogen-bond donors (Lipinski definition) is 0. The molecule has 0 saturated carbocycles. The van der Waals surface area contributed by atoms with Gasteiger partial charge in [-0.15, -0.1) is 11.6 Å². The number of methoxy groups -OCH3 is 1. The first-order valence-electron chi connectivity index (χ1n) is 5.92. The van der Waals surface area contributed by atoms with E-state index in [-0.39, 0.29) is 6.42 Å². The number of rotatable bonds is 4. The van der Waals surface area contributed by atoms with Gasteiger partial charge in [-0.05, 0) is 35.7 Å². The van der Waals surface area contributed by atoms with Crippen molar-refractivity contribution < 1.29 is 13.5 Å². The fourth-order valence-electron chi connectivity index (χ4n) is 1.88. The quantitative estimate of drug-likeness (QED) is 0.709. The summed E-state index contributed by atoms with van der Waals surface area (Å²) in [5.74, 6) is -0.660. The highest BCUT2D eigenvalue weighted by molar-refractivity contribution is 6.32. The van der Waals surface area contributed by atoms with Crippen molar-refractivity contribution in [2.24, 2.45) is 0 Å². The van der Waals surface area contributed by atoms with Gasteiger partial charge in [-0.3, -0.25) is 0 Å². The van der Waals surface area contributed by atoms with Crippen molar-refractivity contribution in [2.45, 2.75) is 11.8 Å². The smallest absolute Gasteiger partial charge is 0.137 e. The van der Waals surface area contributed by atoms with Crippen LogP contribution in [0.5, 0.6) is 5.75 Å². The van der Waals surface area contributed by atoms with Crippen LogP contribution in [-0.4, -0.2) is 7.11 Å². The van der Waals surface area contributed by atoms with Crippen LogP contribution in [0.2, 0.25) is 5.02 Å². The van der Waals surface area contributed by atoms with E-state index in [0.717, 1.165) is 11.6 Å². The van der Waals surface area contributed by atoms with Crippen molar-refractivity contribution in [3.8, 4) is 5.75 Å². The summed E-state index contributed by atoms with van der Waals surface area (Å²) in [4.78, 5) is 0. The van der Waals surface area contributed by atoms with Gasteiger partial charge in [0.25, 0.3) is 0 Å². The molecule has 0 aliphatic rings. The lowest BCUT2D eigenvalue weighted by molar-refractivity contribution is 0.415. The number of ether oxygens (including phenoxy) is 1. The summed E-state index contributed by atoms with van der Waals surface area (Å²) >= 11 is 12.3. The fraction of sp³-hybridized carbons (Fsp3) is 0.200. The third-order valence-corrected chi connectivity index (χ3v) is 3.65. The van der Waals surface area contributed by atoms with Crippen molar-refractivity contribution in [3.63, 3.8) is 0 Å². The van der Waals surface area contributed by atoms with Gasteiger partial charge < -0.3 is 4.74 Å². The molecule has 0 aromatic heterocycles. The second kappa shape index (κ2) is 6.42. The molecule has 0 fully saturated rings. The van der Waals surface area contributed by atoms with Gasteiger partial charge in [0.05, 0.1) is 17.5 Å². The maximum absolute atomic E-state index is 13.6. The first-order valence-corrected chi connectivity index (χ1v) is 6.74. The predicted molar refractivity (Wildman–Crippen MR) is 76.7 cm³/mol. The summed E-state index contributed by atoms with van der Waals surface area (Å²) in [5.41, 5.74) is 1.11. The average molecular weight is 317 g/mol. The summed E-state index contributed by atoms with van der Waals surface area (Å²) in [7, 11) is 1.52. The molecule has 0 spiro atoms. The molecular formula is C15H12Cl2F2O. The van der Waals surface area contributed by atoms with Gasteiger partial charge >= 0.3 is 0 Å². The third-order valence-electron chi connectivity index (χ3n) is 2.95. The zero-order chi connectivity index (χ0) is 14.7. The summed E-state index contributed by atoms with van der Waals surface area (Å²) in [6, 6.07) is 8.60. The van der Waals surface area contributed by atoms with Crippen LogP contribution in [-0.2, 0) is 6.42 Å². The van der Waals surface area contributed by atoms with Gasteiger partial charge in [-0.25, -0.2) is 8.78 Å². The molecule has 0 N–H and O–H groups in total. The van der Waals surface area contributed by atoms with Gasteiger partial charge in [-0.2, -0.15) is 0 Å². The monoisotopic (exact) mass is 316 g/mol. The Balaban J connectivity index is 2.19. The van der Waals surface area contributed by atoms with E-state index in [4.69, 9.17) is 27.9 Å². The van der Waals surface area contributed by atoms with Gasteiger partial charge in [0, 0.05) is 6.07 Å². The number of alkyl halides is 1. The highest BCUT2D eigenvalue weighted by Gasteiger charge is 2.14. The van der Waals surface area contributed by atoms with Crippen LogP contribution in [0.3, 0.4) is 0 Å². The molecule has 2 aromatic carbocycles. The van der Waals surface area contributed by atoms with E-state index < -0.39 is 17.0 Å². The minimum atomic E-state index is -0.607.